The zero-order chi connectivity index (χ0) is 21.9. The number of halogens is 3. The van der Waals surface area contributed by atoms with Gasteiger partial charge in [0.15, 0.2) is 5.82 Å². The van der Waals surface area contributed by atoms with Crippen molar-refractivity contribution in [3.8, 4) is 11.1 Å². The number of piperidine rings is 1. The summed E-state index contributed by atoms with van der Waals surface area (Å²) >= 11 is 0. The van der Waals surface area contributed by atoms with E-state index in [0.29, 0.717) is 30.3 Å². The second kappa shape index (κ2) is 7.35. The van der Waals surface area contributed by atoms with Crippen molar-refractivity contribution in [2.45, 2.75) is 44.8 Å². The van der Waals surface area contributed by atoms with E-state index in [4.69, 9.17) is 0 Å². The molecule has 2 N–H and O–H groups in total. The van der Waals surface area contributed by atoms with Crippen LogP contribution < -0.4 is 0 Å². The summed E-state index contributed by atoms with van der Waals surface area (Å²) in [5, 5.41) is 11.8. The number of H-pyrrole nitrogens is 1. The van der Waals surface area contributed by atoms with Gasteiger partial charge in [0.1, 0.15) is 22.9 Å². The van der Waals surface area contributed by atoms with Crippen molar-refractivity contribution < 1.29 is 18.3 Å². The first kappa shape index (κ1) is 20.5. The van der Waals surface area contributed by atoms with E-state index in [1.807, 2.05) is 13.8 Å². The molecule has 2 aromatic heterocycles. The minimum atomic E-state index is -1.61. The molecule has 2 fully saturated rings. The van der Waals surface area contributed by atoms with Crippen LogP contribution in [0.3, 0.4) is 0 Å². The molecule has 4 nitrogen and oxygen atoms in total. The van der Waals surface area contributed by atoms with Gasteiger partial charge in [-0.25, -0.2) is 18.2 Å². The number of aromatic amines is 1. The summed E-state index contributed by atoms with van der Waals surface area (Å²) in [6, 6.07) is 4.42. The average Bonchev–Trinajstić information content (AvgIpc) is 3.05. The molecule has 0 amide bonds. The van der Waals surface area contributed by atoms with Crippen molar-refractivity contribution >= 4 is 11.0 Å². The molecule has 1 aliphatic heterocycles. The van der Waals surface area contributed by atoms with Crippen LogP contribution in [0.4, 0.5) is 13.2 Å². The fourth-order valence-electron chi connectivity index (χ4n) is 5.45. The molecule has 3 atom stereocenters. The number of benzene rings is 1. The zero-order valence-electron chi connectivity index (χ0n) is 17.6. The number of rotatable bonds is 3. The highest BCUT2D eigenvalue weighted by molar-refractivity contribution is 5.93. The van der Waals surface area contributed by atoms with Gasteiger partial charge in [0.25, 0.3) is 0 Å². The fourth-order valence-corrected chi connectivity index (χ4v) is 5.45. The van der Waals surface area contributed by atoms with Crippen LogP contribution in [0.15, 0.2) is 30.6 Å². The van der Waals surface area contributed by atoms with Crippen LogP contribution in [0.1, 0.15) is 38.7 Å². The van der Waals surface area contributed by atoms with Gasteiger partial charge in [-0.1, -0.05) is 20.3 Å². The van der Waals surface area contributed by atoms with Gasteiger partial charge >= 0.3 is 0 Å². The summed E-state index contributed by atoms with van der Waals surface area (Å²) in [4.78, 5) is 9.12. The SMILES string of the molecule is C[C@@H]1CN(C2CCC2)C[C@H](C)[C@@]1(O)c1c(F)cc(-c2ccnc3[nH]cc(F)c23)cc1F. The second-order valence-electron chi connectivity index (χ2n) is 9.20. The first-order chi connectivity index (χ1) is 14.8. The number of pyridine rings is 1. The Labute approximate surface area is 179 Å². The Morgan fingerprint density at radius 1 is 1.06 bits per heavy atom. The van der Waals surface area contributed by atoms with E-state index in [0.717, 1.165) is 12.8 Å². The van der Waals surface area contributed by atoms with Gasteiger partial charge in [0.2, 0.25) is 0 Å². The lowest BCUT2D eigenvalue weighted by molar-refractivity contribution is -0.129. The Kier molecular flexibility index (Phi) is 4.86. The molecule has 0 spiro atoms. The van der Waals surface area contributed by atoms with E-state index in [1.54, 1.807) is 0 Å². The van der Waals surface area contributed by atoms with Crippen LogP contribution in [0, 0.1) is 29.3 Å². The van der Waals surface area contributed by atoms with Crippen LogP contribution >= 0.6 is 0 Å². The molecule has 0 radical (unpaired) electrons. The summed E-state index contributed by atoms with van der Waals surface area (Å²) in [5.41, 5.74) is -1.03. The first-order valence-electron chi connectivity index (χ1n) is 10.9. The summed E-state index contributed by atoms with van der Waals surface area (Å²) in [7, 11) is 0. The van der Waals surface area contributed by atoms with Crippen LogP contribution in [0.5, 0.6) is 0 Å². The number of nitrogens with zero attached hydrogens (tertiary/aromatic N) is 2. The smallest absolute Gasteiger partial charge is 0.150 e. The molecule has 3 heterocycles. The summed E-state index contributed by atoms with van der Waals surface area (Å²) in [6.45, 7) is 4.92. The summed E-state index contributed by atoms with van der Waals surface area (Å²) in [6.07, 6.45) is 6.13. The van der Waals surface area contributed by atoms with Crippen molar-refractivity contribution in [1.29, 1.82) is 0 Å². The normalized spacial score (nSPS) is 27.5. The van der Waals surface area contributed by atoms with Gasteiger partial charge in [-0.05, 0) is 42.2 Å². The second-order valence-corrected chi connectivity index (χ2v) is 9.20. The van der Waals surface area contributed by atoms with Gasteiger partial charge in [-0.15, -0.1) is 0 Å². The number of hydrogen-bond acceptors (Lipinski definition) is 3. The van der Waals surface area contributed by atoms with E-state index < -0.39 is 23.1 Å². The zero-order valence-corrected chi connectivity index (χ0v) is 17.6. The van der Waals surface area contributed by atoms with Gasteiger partial charge in [0.05, 0.1) is 10.9 Å². The van der Waals surface area contributed by atoms with Crippen LogP contribution in [0.25, 0.3) is 22.2 Å². The predicted molar refractivity (Wildman–Crippen MR) is 113 cm³/mol. The van der Waals surface area contributed by atoms with E-state index in [2.05, 4.69) is 14.9 Å². The highest BCUT2D eigenvalue weighted by atomic mass is 19.1. The van der Waals surface area contributed by atoms with E-state index >= 15 is 8.78 Å². The van der Waals surface area contributed by atoms with Crippen molar-refractivity contribution in [2.75, 3.05) is 13.1 Å². The van der Waals surface area contributed by atoms with Gasteiger partial charge in [-0.3, -0.25) is 4.90 Å². The van der Waals surface area contributed by atoms with Crippen molar-refractivity contribution in [2.24, 2.45) is 11.8 Å². The Hall–Kier alpha value is -2.38. The topological polar surface area (TPSA) is 52.1 Å². The van der Waals surface area contributed by atoms with Crippen LogP contribution in [-0.4, -0.2) is 39.1 Å². The monoisotopic (exact) mass is 429 g/mol. The molecule has 2 aliphatic rings. The van der Waals surface area contributed by atoms with E-state index in [-0.39, 0.29) is 28.3 Å². The maximum Gasteiger partial charge on any atom is 0.150 e. The predicted octanol–water partition coefficient (Wildman–Crippen LogP) is 4.98. The maximum absolute atomic E-state index is 15.4. The lowest BCUT2D eigenvalue weighted by Gasteiger charge is -2.51. The fraction of sp³-hybridized carbons (Fsp3) is 0.458. The Morgan fingerprint density at radius 3 is 2.29 bits per heavy atom. The number of hydrogen-bond donors (Lipinski definition) is 2. The minimum absolute atomic E-state index is 0.184. The highest BCUT2D eigenvalue weighted by Crippen LogP contribution is 2.46. The highest BCUT2D eigenvalue weighted by Gasteiger charge is 2.50. The quantitative estimate of drug-likeness (QED) is 0.618. The van der Waals surface area contributed by atoms with Crippen LogP contribution in [0.2, 0.25) is 0 Å². The van der Waals surface area contributed by atoms with Crippen LogP contribution in [-0.2, 0) is 5.60 Å². The molecule has 7 heteroatoms. The molecule has 1 saturated carbocycles. The molecular weight excluding hydrogens is 403 g/mol. The maximum atomic E-state index is 15.4. The minimum Gasteiger partial charge on any atom is -0.384 e. The number of nitrogens with one attached hydrogen (secondary N) is 1. The lowest BCUT2D eigenvalue weighted by atomic mass is 9.69. The molecule has 1 aliphatic carbocycles. The average molecular weight is 429 g/mol. The molecule has 1 aromatic carbocycles. The number of aromatic nitrogens is 2. The third-order valence-electron chi connectivity index (χ3n) is 7.39. The van der Waals surface area contributed by atoms with Crippen molar-refractivity contribution in [3.63, 3.8) is 0 Å². The first-order valence-corrected chi connectivity index (χ1v) is 10.9. The molecule has 5 rings (SSSR count). The molecular formula is C24H26F3N3O. The molecule has 1 saturated heterocycles. The molecule has 3 aromatic rings. The Balaban J connectivity index is 1.56. The van der Waals surface area contributed by atoms with Crippen molar-refractivity contribution in [1.82, 2.24) is 14.9 Å². The van der Waals surface area contributed by atoms with E-state index in [1.165, 1.54) is 37.0 Å². The van der Waals surface area contributed by atoms with Gasteiger partial charge in [-0.2, -0.15) is 0 Å². The van der Waals surface area contributed by atoms with E-state index in [9.17, 15) is 9.50 Å². The molecule has 164 valence electrons. The number of aliphatic hydroxyl groups is 1. The van der Waals surface area contributed by atoms with Gasteiger partial charge in [0, 0.05) is 43.4 Å². The largest absolute Gasteiger partial charge is 0.384 e. The van der Waals surface area contributed by atoms with Gasteiger partial charge < -0.3 is 10.1 Å². The number of likely N-dealkylation sites (tertiary alicyclic amines) is 1. The number of fused-ring (bicyclic) bond motifs is 1. The Morgan fingerprint density at radius 2 is 1.71 bits per heavy atom. The third kappa shape index (κ3) is 3.09. The molecule has 0 unspecified atom stereocenters. The summed E-state index contributed by atoms with van der Waals surface area (Å²) in [5.74, 6) is -2.82. The van der Waals surface area contributed by atoms with Crippen molar-refractivity contribution in [3.05, 3.63) is 53.6 Å². The third-order valence-corrected chi connectivity index (χ3v) is 7.39. The Bertz CT molecular complexity index is 1110. The molecule has 31 heavy (non-hydrogen) atoms. The summed E-state index contributed by atoms with van der Waals surface area (Å²) < 4.78 is 45.1. The molecule has 0 bridgehead atoms. The standard InChI is InChI=1S/C24H26F3N3O/c1-13-11-30(16-4-3-5-16)12-14(2)24(13,31)22-18(25)8-15(9-19(22)26)17-6-7-28-23-21(17)20(27)10-29-23/h6-10,13-14,16,31H,3-5,11-12H2,1-2H3,(H,28,29)/t13-,14+,24-. The lowest BCUT2D eigenvalue weighted by Crippen LogP contribution is -2.58.